The summed E-state index contributed by atoms with van der Waals surface area (Å²) in [6.45, 7) is -0.604. The molecule has 0 aliphatic carbocycles. The zero-order chi connectivity index (χ0) is 22.3. The third-order valence-corrected chi connectivity index (χ3v) is 5.07. The molecule has 0 radical (unpaired) electrons. The molecule has 0 saturated carbocycles. The molecule has 164 valence electrons. The molecule has 3 aromatic rings. The van der Waals surface area contributed by atoms with Gasteiger partial charge < -0.3 is 44.5 Å². The van der Waals surface area contributed by atoms with Crippen LogP contribution in [0.2, 0.25) is 0 Å². The predicted molar refractivity (Wildman–Crippen MR) is 106 cm³/mol. The van der Waals surface area contributed by atoms with Crippen LogP contribution in [0.1, 0.15) is 0 Å². The first-order valence-corrected chi connectivity index (χ1v) is 9.36. The minimum Gasteiger partial charge on any atom is -0.508 e. The Labute approximate surface area is 174 Å². The third kappa shape index (κ3) is 3.82. The molecule has 1 aliphatic heterocycles. The number of benzene rings is 2. The lowest BCUT2D eigenvalue weighted by Gasteiger charge is -2.39. The highest BCUT2D eigenvalue weighted by atomic mass is 16.7. The van der Waals surface area contributed by atoms with E-state index in [0.717, 1.165) is 0 Å². The smallest absolute Gasteiger partial charge is 0.235 e. The molecule has 1 saturated heterocycles. The average molecular weight is 432 g/mol. The van der Waals surface area contributed by atoms with Crippen LogP contribution in [-0.4, -0.2) is 68.0 Å². The van der Waals surface area contributed by atoms with E-state index in [1.807, 2.05) is 0 Å². The maximum Gasteiger partial charge on any atom is 0.235 e. The Kier molecular flexibility index (Phi) is 5.56. The molecule has 10 nitrogen and oxygen atoms in total. The van der Waals surface area contributed by atoms with Gasteiger partial charge in [0.05, 0.1) is 12.0 Å². The second-order valence-electron chi connectivity index (χ2n) is 7.13. The van der Waals surface area contributed by atoms with Crippen LogP contribution in [-0.2, 0) is 4.74 Å². The summed E-state index contributed by atoms with van der Waals surface area (Å²) in [6, 6.07) is 9.74. The van der Waals surface area contributed by atoms with E-state index in [-0.39, 0.29) is 28.2 Å². The van der Waals surface area contributed by atoms with Gasteiger partial charge in [-0.25, -0.2) is 0 Å². The van der Waals surface area contributed by atoms with Gasteiger partial charge in [0.25, 0.3) is 0 Å². The molecule has 1 fully saturated rings. The van der Waals surface area contributed by atoms with Gasteiger partial charge in [-0.3, -0.25) is 4.79 Å². The number of aliphatic hydroxyl groups excluding tert-OH is 4. The van der Waals surface area contributed by atoms with E-state index in [0.29, 0.717) is 5.56 Å². The van der Waals surface area contributed by atoms with Gasteiger partial charge in [-0.1, -0.05) is 0 Å². The summed E-state index contributed by atoms with van der Waals surface area (Å²) in [6.07, 6.45) is -7.28. The van der Waals surface area contributed by atoms with E-state index in [2.05, 4.69) is 0 Å². The molecule has 5 atom stereocenters. The van der Waals surface area contributed by atoms with Crippen molar-refractivity contribution in [2.24, 2.45) is 0 Å². The highest BCUT2D eigenvalue weighted by molar-refractivity contribution is 5.83. The second kappa shape index (κ2) is 8.17. The van der Waals surface area contributed by atoms with Crippen molar-refractivity contribution in [1.29, 1.82) is 0 Å². The van der Waals surface area contributed by atoms with E-state index in [4.69, 9.17) is 13.9 Å². The molecule has 1 aliphatic rings. The molecule has 2 unspecified atom stereocenters. The molecule has 2 aromatic carbocycles. The zero-order valence-corrected chi connectivity index (χ0v) is 16.0. The van der Waals surface area contributed by atoms with E-state index >= 15 is 0 Å². The monoisotopic (exact) mass is 432 g/mol. The fourth-order valence-electron chi connectivity index (χ4n) is 3.34. The Hall–Kier alpha value is -3.15. The lowest BCUT2D eigenvalue weighted by atomic mass is 9.99. The summed E-state index contributed by atoms with van der Waals surface area (Å²) in [5.74, 6) is -0.604. The highest BCUT2D eigenvalue weighted by Crippen LogP contribution is 2.33. The van der Waals surface area contributed by atoms with Crippen LogP contribution in [0.25, 0.3) is 22.3 Å². The Morgan fingerprint density at radius 1 is 0.935 bits per heavy atom. The van der Waals surface area contributed by atoms with Crippen LogP contribution in [0.15, 0.2) is 51.7 Å². The lowest BCUT2D eigenvalue weighted by molar-refractivity contribution is -0.277. The summed E-state index contributed by atoms with van der Waals surface area (Å²) in [4.78, 5) is 12.6. The van der Waals surface area contributed by atoms with Crippen molar-refractivity contribution in [3.8, 4) is 28.6 Å². The van der Waals surface area contributed by atoms with Crippen molar-refractivity contribution in [2.45, 2.75) is 30.7 Å². The highest BCUT2D eigenvalue weighted by Gasteiger charge is 2.44. The summed E-state index contributed by atoms with van der Waals surface area (Å²) >= 11 is 0. The number of fused-ring (bicyclic) bond motifs is 1. The lowest BCUT2D eigenvalue weighted by Crippen LogP contribution is -2.60. The molecule has 0 amide bonds. The van der Waals surface area contributed by atoms with Crippen LogP contribution < -0.4 is 10.2 Å². The first-order valence-electron chi connectivity index (χ1n) is 9.36. The summed E-state index contributed by atoms with van der Waals surface area (Å²) in [5.41, 5.74) is -0.258. The Morgan fingerprint density at radius 2 is 1.65 bits per heavy atom. The molecular formula is C21H20O10. The Balaban J connectivity index is 1.70. The van der Waals surface area contributed by atoms with Gasteiger partial charge in [0.15, 0.2) is 5.76 Å². The quantitative estimate of drug-likeness (QED) is 0.331. The van der Waals surface area contributed by atoms with Gasteiger partial charge in [0, 0.05) is 11.6 Å². The molecule has 6 N–H and O–H groups in total. The second-order valence-corrected chi connectivity index (χ2v) is 7.13. The van der Waals surface area contributed by atoms with Crippen LogP contribution in [0.4, 0.5) is 0 Å². The van der Waals surface area contributed by atoms with Gasteiger partial charge in [-0.2, -0.15) is 0 Å². The molecular weight excluding hydrogens is 412 g/mol. The van der Waals surface area contributed by atoms with Crippen LogP contribution in [0.5, 0.6) is 17.2 Å². The molecule has 31 heavy (non-hydrogen) atoms. The summed E-state index contributed by atoms with van der Waals surface area (Å²) < 4.78 is 16.5. The fraction of sp³-hybridized carbons (Fsp3) is 0.286. The molecule has 1 aromatic heterocycles. The zero-order valence-electron chi connectivity index (χ0n) is 16.0. The SMILES string of the molecule is O=c1c(O)c(-c2ccc(O)cc2)oc2cc(O[C@@H]3OC(CO)[C@@H](O)[C@H](O)C3O)ccc12. The van der Waals surface area contributed by atoms with Gasteiger partial charge in [0.1, 0.15) is 41.5 Å². The van der Waals surface area contributed by atoms with Crippen molar-refractivity contribution >= 4 is 11.0 Å². The number of rotatable bonds is 4. The van der Waals surface area contributed by atoms with Crippen LogP contribution >= 0.6 is 0 Å². The van der Waals surface area contributed by atoms with Gasteiger partial charge in [-0.05, 0) is 36.4 Å². The average Bonchev–Trinajstić information content (AvgIpc) is 2.77. The molecule has 2 heterocycles. The van der Waals surface area contributed by atoms with Crippen molar-refractivity contribution in [3.63, 3.8) is 0 Å². The topological polar surface area (TPSA) is 170 Å². The molecule has 4 rings (SSSR count). The van der Waals surface area contributed by atoms with E-state index < -0.39 is 48.5 Å². The van der Waals surface area contributed by atoms with Crippen molar-refractivity contribution < 1.29 is 44.5 Å². The number of phenolic OH excluding ortho intramolecular Hbond substituents is 1. The summed E-state index contributed by atoms with van der Waals surface area (Å²) in [5, 5.41) is 58.9. The Bertz CT molecular complexity index is 1140. The molecule has 10 heteroatoms. The first-order chi connectivity index (χ1) is 14.8. The van der Waals surface area contributed by atoms with E-state index in [1.165, 1.54) is 42.5 Å². The number of hydrogen-bond donors (Lipinski definition) is 6. The van der Waals surface area contributed by atoms with Crippen LogP contribution in [0, 0.1) is 0 Å². The van der Waals surface area contributed by atoms with Crippen molar-refractivity contribution in [2.75, 3.05) is 6.61 Å². The molecule has 0 bridgehead atoms. The number of aromatic hydroxyl groups is 2. The number of hydrogen-bond acceptors (Lipinski definition) is 10. The maximum absolute atomic E-state index is 12.6. The Morgan fingerprint density at radius 3 is 2.32 bits per heavy atom. The van der Waals surface area contributed by atoms with E-state index in [9.17, 15) is 35.4 Å². The third-order valence-electron chi connectivity index (χ3n) is 5.07. The largest absolute Gasteiger partial charge is 0.508 e. The number of phenols is 1. The first kappa shape index (κ1) is 21.1. The van der Waals surface area contributed by atoms with Crippen molar-refractivity contribution in [3.05, 3.63) is 52.7 Å². The standard InChI is InChI=1S/C21H20O10/c22-8-14-16(25)17(26)19(28)21(31-14)29-11-5-6-12-13(7-11)30-20(18(27)15(12)24)9-1-3-10(23)4-2-9/h1-7,14,16-17,19,21-23,25-28H,8H2/t14?,16-,17+,19?,21-/m1/s1. The van der Waals surface area contributed by atoms with E-state index in [1.54, 1.807) is 0 Å². The van der Waals surface area contributed by atoms with Crippen molar-refractivity contribution in [1.82, 2.24) is 0 Å². The molecule has 0 spiro atoms. The number of aliphatic hydroxyl groups is 4. The minimum atomic E-state index is -1.60. The number of ether oxygens (including phenoxy) is 2. The minimum absolute atomic E-state index is 0.00147. The van der Waals surface area contributed by atoms with Gasteiger partial charge >= 0.3 is 0 Å². The van der Waals surface area contributed by atoms with Gasteiger partial charge in [-0.15, -0.1) is 0 Å². The summed E-state index contributed by atoms with van der Waals surface area (Å²) in [7, 11) is 0. The van der Waals surface area contributed by atoms with Gasteiger partial charge in [0.2, 0.25) is 17.5 Å². The maximum atomic E-state index is 12.6. The normalized spacial score (nSPS) is 26.1. The fourth-order valence-corrected chi connectivity index (χ4v) is 3.34. The predicted octanol–water partition coefficient (Wildman–Crippen LogP) is 0.0499. The van der Waals surface area contributed by atoms with Crippen LogP contribution in [0.3, 0.4) is 0 Å².